The molecule has 3 heterocycles. The van der Waals surface area contributed by atoms with Crippen molar-refractivity contribution in [1.82, 2.24) is 24.6 Å². The van der Waals surface area contributed by atoms with Crippen LogP contribution in [0.25, 0.3) is 16.7 Å². The molecule has 0 spiro atoms. The standard InChI is InChI=1S/C29H33FN6O2/c1-5-7-19(2)26-31-27(25-20(3)33-36(28(25)32-26)23-12-10-22(30)11-13-23)34-14-16-35(17-15-34)29(37)21-8-6-9-24(18-21)38-4/h6,8-13,18-19H,5,7,14-17H2,1-4H3. The van der Waals surface area contributed by atoms with Gasteiger partial charge in [-0.2, -0.15) is 5.10 Å². The quantitative estimate of drug-likeness (QED) is 0.339. The van der Waals surface area contributed by atoms with E-state index >= 15 is 0 Å². The summed E-state index contributed by atoms with van der Waals surface area (Å²) in [5.41, 5.74) is 2.89. The maximum absolute atomic E-state index is 13.6. The zero-order valence-electron chi connectivity index (χ0n) is 22.3. The maximum Gasteiger partial charge on any atom is 0.254 e. The lowest BCUT2D eigenvalue weighted by Gasteiger charge is -2.36. The number of amides is 1. The van der Waals surface area contributed by atoms with Crippen LogP contribution >= 0.6 is 0 Å². The highest BCUT2D eigenvalue weighted by Gasteiger charge is 2.27. The number of hydrogen-bond donors (Lipinski definition) is 0. The summed E-state index contributed by atoms with van der Waals surface area (Å²) in [4.78, 5) is 27.3. The molecule has 198 valence electrons. The molecule has 1 fully saturated rings. The minimum absolute atomic E-state index is 0.00560. The number of ether oxygens (including phenoxy) is 1. The summed E-state index contributed by atoms with van der Waals surface area (Å²) in [5, 5.41) is 5.66. The molecule has 1 amide bonds. The fraction of sp³-hybridized carbons (Fsp3) is 0.379. The van der Waals surface area contributed by atoms with Gasteiger partial charge in [0.05, 0.1) is 23.9 Å². The first-order valence-corrected chi connectivity index (χ1v) is 13.1. The normalized spacial score (nSPS) is 14.7. The number of nitrogens with zero attached hydrogens (tertiary/aromatic N) is 6. The topological polar surface area (TPSA) is 76.4 Å². The van der Waals surface area contributed by atoms with Crippen molar-refractivity contribution in [3.63, 3.8) is 0 Å². The molecule has 0 bridgehead atoms. The van der Waals surface area contributed by atoms with Gasteiger partial charge in [-0.3, -0.25) is 4.79 Å². The Bertz CT molecular complexity index is 1440. The van der Waals surface area contributed by atoms with Gasteiger partial charge in [-0.25, -0.2) is 19.0 Å². The van der Waals surface area contributed by atoms with E-state index in [0.717, 1.165) is 41.3 Å². The third-order valence-electron chi connectivity index (χ3n) is 7.12. The zero-order valence-corrected chi connectivity index (χ0v) is 22.3. The van der Waals surface area contributed by atoms with Gasteiger partial charge in [-0.05, 0) is 55.8 Å². The second-order valence-corrected chi connectivity index (χ2v) is 9.78. The average molecular weight is 517 g/mol. The number of halogens is 1. The molecular formula is C29H33FN6O2. The van der Waals surface area contributed by atoms with Crippen molar-refractivity contribution in [2.45, 2.75) is 39.5 Å². The molecule has 0 radical (unpaired) electrons. The van der Waals surface area contributed by atoms with Crippen LogP contribution in [-0.4, -0.2) is 63.8 Å². The van der Waals surface area contributed by atoms with E-state index in [2.05, 4.69) is 18.7 Å². The van der Waals surface area contributed by atoms with Crippen LogP contribution in [0.15, 0.2) is 48.5 Å². The van der Waals surface area contributed by atoms with Crippen molar-refractivity contribution in [2.75, 3.05) is 38.2 Å². The number of fused-ring (bicyclic) bond motifs is 1. The lowest BCUT2D eigenvalue weighted by molar-refractivity contribution is 0.0746. The fourth-order valence-corrected chi connectivity index (χ4v) is 5.01. The van der Waals surface area contributed by atoms with Crippen LogP contribution < -0.4 is 9.64 Å². The molecule has 38 heavy (non-hydrogen) atoms. The summed E-state index contributed by atoms with van der Waals surface area (Å²) in [5.74, 6) is 2.15. The summed E-state index contributed by atoms with van der Waals surface area (Å²) >= 11 is 0. The number of aryl methyl sites for hydroxylation is 1. The van der Waals surface area contributed by atoms with Gasteiger partial charge in [0, 0.05) is 37.7 Å². The van der Waals surface area contributed by atoms with E-state index in [-0.39, 0.29) is 17.6 Å². The number of piperazine rings is 1. The Morgan fingerprint density at radius 3 is 2.50 bits per heavy atom. The molecule has 9 heteroatoms. The second-order valence-electron chi connectivity index (χ2n) is 9.78. The monoisotopic (exact) mass is 516 g/mol. The molecule has 0 saturated carbocycles. The van der Waals surface area contributed by atoms with Crippen molar-refractivity contribution in [3.8, 4) is 11.4 Å². The predicted molar refractivity (Wildman–Crippen MR) is 146 cm³/mol. The molecule has 1 unspecified atom stereocenters. The number of anilines is 1. The highest BCUT2D eigenvalue weighted by atomic mass is 19.1. The highest BCUT2D eigenvalue weighted by molar-refractivity contribution is 5.95. The molecule has 2 aromatic carbocycles. The molecule has 8 nitrogen and oxygen atoms in total. The molecule has 1 aliphatic heterocycles. The lowest BCUT2D eigenvalue weighted by atomic mass is 10.1. The van der Waals surface area contributed by atoms with Crippen LogP contribution in [0.4, 0.5) is 10.2 Å². The van der Waals surface area contributed by atoms with Crippen LogP contribution in [0.5, 0.6) is 5.75 Å². The molecule has 4 aromatic rings. The maximum atomic E-state index is 13.6. The van der Waals surface area contributed by atoms with E-state index in [1.165, 1.54) is 12.1 Å². The Balaban J connectivity index is 1.48. The van der Waals surface area contributed by atoms with E-state index in [4.69, 9.17) is 19.8 Å². The minimum Gasteiger partial charge on any atom is -0.497 e. The average Bonchev–Trinajstić information content (AvgIpc) is 3.29. The number of carbonyl (C=O) groups excluding carboxylic acids is 1. The van der Waals surface area contributed by atoms with Crippen molar-refractivity contribution in [3.05, 3.63) is 71.4 Å². The van der Waals surface area contributed by atoms with Crippen molar-refractivity contribution < 1.29 is 13.9 Å². The zero-order chi connectivity index (χ0) is 26.8. The minimum atomic E-state index is -0.295. The van der Waals surface area contributed by atoms with Gasteiger partial charge in [-0.15, -0.1) is 0 Å². The van der Waals surface area contributed by atoms with Crippen LogP contribution in [0, 0.1) is 12.7 Å². The van der Waals surface area contributed by atoms with E-state index in [0.29, 0.717) is 43.1 Å². The van der Waals surface area contributed by atoms with Gasteiger partial charge in [0.25, 0.3) is 5.91 Å². The first kappa shape index (κ1) is 25.6. The number of carbonyl (C=O) groups is 1. The number of rotatable bonds is 7. The third-order valence-corrected chi connectivity index (χ3v) is 7.12. The van der Waals surface area contributed by atoms with E-state index in [1.807, 2.05) is 30.0 Å². The Kier molecular flexibility index (Phi) is 7.26. The molecular weight excluding hydrogens is 483 g/mol. The molecule has 1 aliphatic rings. The summed E-state index contributed by atoms with van der Waals surface area (Å²) in [6, 6.07) is 13.5. The molecule has 0 N–H and O–H groups in total. The third kappa shape index (κ3) is 4.92. The van der Waals surface area contributed by atoms with Crippen LogP contribution in [0.1, 0.15) is 54.5 Å². The Labute approximate surface area is 222 Å². The molecule has 2 aromatic heterocycles. The SMILES string of the molecule is CCCC(C)c1nc(N2CCN(C(=O)c3cccc(OC)c3)CC2)c2c(C)nn(-c3ccc(F)cc3)c2n1. The molecule has 1 saturated heterocycles. The Morgan fingerprint density at radius 2 is 1.82 bits per heavy atom. The first-order chi connectivity index (χ1) is 18.4. The van der Waals surface area contributed by atoms with Gasteiger partial charge in [-0.1, -0.05) is 26.3 Å². The Hall–Kier alpha value is -4.01. The van der Waals surface area contributed by atoms with Gasteiger partial charge in [0.1, 0.15) is 23.2 Å². The van der Waals surface area contributed by atoms with E-state index in [1.54, 1.807) is 30.0 Å². The molecule has 1 atom stereocenters. The largest absolute Gasteiger partial charge is 0.497 e. The first-order valence-electron chi connectivity index (χ1n) is 13.1. The van der Waals surface area contributed by atoms with Gasteiger partial charge < -0.3 is 14.5 Å². The fourth-order valence-electron chi connectivity index (χ4n) is 5.01. The van der Waals surface area contributed by atoms with Gasteiger partial charge in [0.15, 0.2) is 5.65 Å². The van der Waals surface area contributed by atoms with Gasteiger partial charge >= 0.3 is 0 Å². The van der Waals surface area contributed by atoms with E-state index < -0.39 is 0 Å². The highest BCUT2D eigenvalue weighted by Crippen LogP contribution is 2.32. The predicted octanol–water partition coefficient (Wildman–Crippen LogP) is 5.14. The van der Waals surface area contributed by atoms with Crippen molar-refractivity contribution >= 4 is 22.8 Å². The summed E-state index contributed by atoms with van der Waals surface area (Å²) < 4.78 is 20.7. The second kappa shape index (κ2) is 10.8. The van der Waals surface area contributed by atoms with Crippen molar-refractivity contribution in [2.24, 2.45) is 0 Å². The number of methoxy groups -OCH3 is 1. The smallest absolute Gasteiger partial charge is 0.254 e. The lowest BCUT2D eigenvalue weighted by Crippen LogP contribution is -2.49. The summed E-state index contributed by atoms with van der Waals surface area (Å²) in [7, 11) is 1.60. The molecule has 0 aliphatic carbocycles. The van der Waals surface area contributed by atoms with Crippen LogP contribution in [-0.2, 0) is 0 Å². The number of benzene rings is 2. The van der Waals surface area contributed by atoms with Gasteiger partial charge in [0.2, 0.25) is 0 Å². The number of aromatic nitrogens is 4. The summed E-state index contributed by atoms with van der Waals surface area (Å²) in [6.45, 7) is 8.69. The Morgan fingerprint density at radius 1 is 1.08 bits per heavy atom. The molecule has 5 rings (SSSR count). The van der Waals surface area contributed by atoms with E-state index in [9.17, 15) is 9.18 Å². The summed E-state index contributed by atoms with van der Waals surface area (Å²) in [6.07, 6.45) is 2.00. The van der Waals surface area contributed by atoms with Crippen LogP contribution in [0.2, 0.25) is 0 Å². The van der Waals surface area contributed by atoms with Crippen molar-refractivity contribution in [1.29, 1.82) is 0 Å². The number of hydrogen-bond acceptors (Lipinski definition) is 6. The van der Waals surface area contributed by atoms with Crippen LogP contribution in [0.3, 0.4) is 0 Å².